The van der Waals surface area contributed by atoms with Gasteiger partial charge in [-0.25, -0.2) is 4.79 Å². The van der Waals surface area contributed by atoms with Crippen molar-refractivity contribution in [1.29, 1.82) is 0 Å². The average molecular weight is 206 g/mol. The van der Waals surface area contributed by atoms with E-state index in [4.69, 9.17) is 9.84 Å². The van der Waals surface area contributed by atoms with Crippen molar-refractivity contribution in [2.75, 3.05) is 6.61 Å². The quantitative estimate of drug-likeness (QED) is 0.482. The van der Waals surface area contributed by atoms with Gasteiger partial charge in [0, 0.05) is 0 Å². The van der Waals surface area contributed by atoms with E-state index in [2.05, 4.69) is 0 Å². The van der Waals surface area contributed by atoms with Gasteiger partial charge in [0.2, 0.25) is 0 Å². The standard InChI is InChI=1S/C9H10O3.K.H/c1-2-12-9(11)7-3-5-8(10)6-4-7;;/h3-6,10H,2H2,1H3;;/q;+1;-1. The van der Waals surface area contributed by atoms with Crippen LogP contribution in [0, 0.1) is 0 Å². The molecule has 0 atom stereocenters. The van der Waals surface area contributed by atoms with E-state index in [1.54, 1.807) is 6.92 Å². The Morgan fingerprint density at radius 3 is 2.46 bits per heavy atom. The fourth-order valence-corrected chi connectivity index (χ4v) is 0.812. The minimum Gasteiger partial charge on any atom is -1.00 e. The molecule has 0 aliphatic heterocycles. The minimum atomic E-state index is -0.363. The summed E-state index contributed by atoms with van der Waals surface area (Å²) >= 11 is 0. The topological polar surface area (TPSA) is 46.5 Å². The Kier molecular flexibility index (Phi) is 6.62. The summed E-state index contributed by atoms with van der Waals surface area (Å²) in [5, 5.41) is 8.92. The predicted octanol–water partition coefficient (Wildman–Crippen LogP) is -1.31. The van der Waals surface area contributed by atoms with Gasteiger partial charge < -0.3 is 11.3 Å². The first-order chi connectivity index (χ1) is 5.74. The fourth-order valence-electron chi connectivity index (χ4n) is 0.812. The molecule has 1 aromatic rings. The molecular formula is C9H11KO3. The molecule has 0 aliphatic carbocycles. The molecule has 3 nitrogen and oxygen atoms in total. The number of hydrogen-bond acceptors (Lipinski definition) is 3. The monoisotopic (exact) mass is 206 g/mol. The summed E-state index contributed by atoms with van der Waals surface area (Å²) in [7, 11) is 0. The summed E-state index contributed by atoms with van der Waals surface area (Å²) in [5.41, 5.74) is 0.453. The van der Waals surface area contributed by atoms with Crippen molar-refractivity contribution in [2.24, 2.45) is 0 Å². The Morgan fingerprint density at radius 2 is 2.00 bits per heavy atom. The maximum Gasteiger partial charge on any atom is 1.00 e. The molecule has 0 amide bonds. The third-order valence-electron chi connectivity index (χ3n) is 1.38. The molecule has 13 heavy (non-hydrogen) atoms. The number of phenols is 1. The summed E-state index contributed by atoms with van der Waals surface area (Å²) in [4.78, 5) is 11.1. The van der Waals surface area contributed by atoms with E-state index >= 15 is 0 Å². The Bertz CT molecular complexity index is 274. The summed E-state index contributed by atoms with van der Waals surface area (Å²) in [6.07, 6.45) is 0. The van der Waals surface area contributed by atoms with Crippen LogP contribution < -0.4 is 51.4 Å². The first-order valence-electron chi connectivity index (χ1n) is 3.70. The normalized spacial score (nSPS) is 8.69. The molecular weight excluding hydrogens is 195 g/mol. The second kappa shape index (κ2) is 6.56. The van der Waals surface area contributed by atoms with E-state index in [9.17, 15) is 4.79 Å². The number of aromatic hydroxyl groups is 1. The van der Waals surface area contributed by atoms with Crippen LogP contribution >= 0.6 is 0 Å². The van der Waals surface area contributed by atoms with Gasteiger partial charge in [-0.1, -0.05) is 0 Å². The number of phenolic OH excluding ortho intramolecular Hbond substituents is 1. The second-order valence-electron chi connectivity index (χ2n) is 2.27. The molecule has 0 fully saturated rings. The molecule has 0 bridgehead atoms. The second-order valence-corrected chi connectivity index (χ2v) is 2.27. The Balaban J connectivity index is 0. The van der Waals surface area contributed by atoms with Gasteiger partial charge in [-0.15, -0.1) is 0 Å². The van der Waals surface area contributed by atoms with Crippen LogP contribution in [0.1, 0.15) is 18.7 Å². The van der Waals surface area contributed by atoms with E-state index in [0.29, 0.717) is 12.2 Å². The number of rotatable bonds is 2. The van der Waals surface area contributed by atoms with Crippen LogP contribution in [-0.4, -0.2) is 17.7 Å². The van der Waals surface area contributed by atoms with E-state index in [-0.39, 0.29) is 64.5 Å². The molecule has 66 valence electrons. The summed E-state index contributed by atoms with van der Waals surface area (Å²) in [5.74, 6) is -0.222. The van der Waals surface area contributed by atoms with Crippen molar-refractivity contribution in [3.63, 3.8) is 0 Å². The van der Waals surface area contributed by atoms with Crippen LogP contribution in [0.5, 0.6) is 5.75 Å². The number of ether oxygens (including phenoxy) is 1. The number of carbonyl (C=O) groups is 1. The maximum atomic E-state index is 11.1. The maximum absolute atomic E-state index is 11.1. The molecule has 1 N–H and O–H groups in total. The molecule has 0 saturated carbocycles. The van der Waals surface area contributed by atoms with Gasteiger partial charge >= 0.3 is 57.4 Å². The van der Waals surface area contributed by atoms with E-state index in [1.165, 1.54) is 24.3 Å². The third kappa shape index (κ3) is 4.24. The van der Waals surface area contributed by atoms with E-state index < -0.39 is 0 Å². The van der Waals surface area contributed by atoms with E-state index in [1.807, 2.05) is 0 Å². The van der Waals surface area contributed by atoms with Crippen molar-refractivity contribution in [1.82, 2.24) is 0 Å². The Labute approximate surface area is 121 Å². The van der Waals surface area contributed by atoms with Gasteiger partial charge in [0.1, 0.15) is 5.75 Å². The molecule has 4 heteroatoms. The van der Waals surface area contributed by atoms with Crippen molar-refractivity contribution < 1.29 is 67.4 Å². The molecule has 1 rings (SSSR count). The average Bonchev–Trinajstić information content (AvgIpc) is 2.06. The van der Waals surface area contributed by atoms with Crippen LogP contribution in [0.25, 0.3) is 0 Å². The number of hydrogen-bond donors (Lipinski definition) is 1. The SMILES string of the molecule is CCOC(=O)c1ccc(O)cc1.[H-].[K+]. The predicted molar refractivity (Wildman–Crippen MR) is 45.2 cm³/mol. The molecule has 0 aromatic heterocycles. The molecule has 0 radical (unpaired) electrons. The summed E-state index contributed by atoms with van der Waals surface area (Å²) in [6, 6.07) is 5.94. The third-order valence-corrected chi connectivity index (χ3v) is 1.38. The number of esters is 1. The molecule has 1 aromatic carbocycles. The zero-order valence-electron chi connectivity index (χ0n) is 8.78. The molecule has 0 spiro atoms. The molecule has 0 saturated heterocycles. The van der Waals surface area contributed by atoms with Crippen LogP contribution in [-0.2, 0) is 4.74 Å². The molecule has 0 aliphatic rings. The van der Waals surface area contributed by atoms with Gasteiger partial charge in [0.05, 0.1) is 12.2 Å². The van der Waals surface area contributed by atoms with Crippen LogP contribution in [0.3, 0.4) is 0 Å². The van der Waals surface area contributed by atoms with Gasteiger partial charge in [-0.3, -0.25) is 0 Å². The molecule has 0 heterocycles. The Morgan fingerprint density at radius 1 is 1.46 bits per heavy atom. The van der Waals surface area contributed by atoms with Crippen LogP contribution in [0.15, 0.2) is 24.3 Å². The fraction of sp³-hybridized carbons (Fsp3) is 0.222. The largest absolute Gasteiger partial charge is 1.00 e. The first-order valence-corrected chi connectivity index (χ1v) is 3.70. The number of benzene rings is 1. The summed E-state index contributed by atoms with van der Waals surface area (Å²) in [6.45, 7) is 2.11. The van der Waals surface area contributed by atoms with Crippen LogP contribution in [0.4, 0.5) is 0 Å². The first kappa shape index (κ1) is 13.1. The number of carbonyl (C=O) groups excluding carboxylic acids is 1. The zero-order chi connectivity index (χ0) is 8.97. The van der Waals surface area contributed by atoms with Gasteiger partial charge in [0.25, 0.3) is 0 Å². The van der Waals surface area contributed by atoms with Crippen molar-refractivity contribution >= 4 is 5.97 Å². The van der Waals surface area contributed by atoms with Crippen molar-refractivity contribution in [3.05, 3.63) is 29.8 Å². The minimum absolute atomic E-state index is 0. The van der Waals surface area contributed by atoms with Crippen molar-refractivity contribution in [3.8, 4) is 5.75 Å². The smallest absolute Gasteiger partial charge is 1.00 e. The van der Waals surface area contributed by atoms with E-state index in [0.717, 1.165) is 0 Å². The van der Waals surface area contributed by atoms with Gasteiger partial charge in [0.15, 0.2) is 0 Å². The van der Waals surface area contributed by atoms with Crippen molar-refractivity contribution in [2.45, 2.75) is 6.92 Å². The summed E-state index contributed by atoms with van der Waals surface area (Å²) < 4.78 is 4.75. The molecule has 0 unspecified atom stereocenters. The van der Waals surface area contributed by atoms with Gasteiger partial charge in [-0.05, 0) is 31.2 Å². The Hall–Kier alpha value is 0.126. The van der Waals surface area contributed by atoms with Crippen LogP contribution in [0.2, 0.25) is 0 Å². The zero-order valence-corrected chi connectivity index (χ0v) is 10.9. The van der Waals surface area contributed by atoms with Gasteiger partial charge in [-0.2, -0.15) is 0 Å².